The predicted molar refractivity (Wildman–Crippen MR) is 111 cm³/mol. The normalized spacial score (nSPS) is 20.7. The van der Waals surface area contributed by atoms with Crippen molar-refractivity contribution in [3.05, 3.63) is 96.1 Å². The lowest BCUT2D eigenvalue weighted by Crippen LogP contribution is -2.35. The van der Waals surface area contributed by atoms with Crippen molar-refractivity contribution in [2.45, 2.75) is 31.2 Å². The molecule has 1 heterocycles. The second-order valence-corrected chi connectivity index (χ2v) is 7.50. The predicted octanol–water partition coefficient (Wildman–Crippen LogP) is 5.47. The highest BCUT2D eigenvalue weighted by molar-refractivity contribution is 5.80. The van der Waals surface area contributed by atoms with Gasteiger partial charge in [-0.15, -0.1) is 0 Å². The van der Waals surface area contributed by atoms with Crippen LogP contribution in [0.3, 0.4) is 0 Å². The molecule has 0 N–H and O–H groups in total. The van der Waals surface area contributed by atoms with Crippen LogP contribution in [0.1, 0.15) is 36.3 Å². The number of hydrogen-bond donors (Lipinski definition) is 0. The lowest BCUT2D eigenvalue weighted by Gasteiger charge is -2.31. The van der Waals surface area contributed by atoms with Gasteiger partial charge >= 0.3 is 0 Å². The SMILES string of the molecule is C[C@H](c1cccc(-c2ccccc2)c1)[C@H]1[C@@H](c2ccccc2)CC(=O)N1C. The van der Waals surface area contributed by atoms with E-state index in [9.17, 15) is 4.79 Å². The van der Waals surface area contributed by atoms with Crippen LogP contribution in [-0.4, -0.2) is 23.9 Å². The molecular formula is C25H25NO. The van der Waals surface area contributed by atoms with Gasteiger partial charge in [0.15, 0.2) is 0 Å². The largest absolute Gasteiger partial charge is 0.342 e. The van der Waals surface area contributed by atoms with Gasteiger partial charge in [0.2, 0.25) is 5.91 Å². The number of amides is 1. The maximum Gasteiger partial charge on any atom is 0.223 e. The quantitative estimate of drug-likeness (QED) is 0.607. The number of carbonyl (C=O) groups excluding carboxylic acids is 1. The molecule has 0 aliphatic carbocycles. The summed E-state index contributed by atoms with van der Waals surface area (Å²) in [6.45, 7) is 2.25. The van der Waals surface area contributed by atoms with Crippen molar-refractivity contribution >= 4 is 5.91 Å². The Morgan fingerprint density at radius 3 is 2.19 bits per heavy atom. The Bertz CT molecular complexity index is 919. The molecule has 1 aliphatic heterocycles. The minimum atomic E-state index is 0.172. The summed E-state index contributed by atoms with van der Waals surface area (Å²) in [5, 5.41) is 0. The molecule has 27 heavy (non-hydrogen) atoms. The monoisotopic (exact) mass is 355 g/mol. The lowest BCUT2D eigenvalue weighted by molar-refractivity contribution is -0.127. The van der Waals surface area contributed by atoms with Crippen LogP contribution in [0.5, 0.6) is 0 Å². The van der Waals surface area contributed by atoms with Gasteiger partial charge < -0.3 is 4.90 Å². The Labute approximate surface area is 161 Å². The van der Waals surface area contributed by atoms with Crippen LogP contribution in [0, 0.1) is 0 Å². The number of carbonyl (C=O) groups is 1. The molecule has 136 valence electrons. The molecule has 1 amide bonds. The fourth-order valence-corrected chi connectivity index (χ4v) is 4.42. The molecule has 2 heteroatoms. The maximum atomic E-state index is 12.5. The van der Waals surface area contributed by atoms with Gasteiger partial charge in [-0.2, -0.15) is 0 Å². The molecule has 0 saturated carbocycles. The fourth-order valence-electron chi connectivity index (χ4n) is 4.42. The zero-order valence-corrected chi connectivity index (χ0v) is 15.9. The van der Waals surface area contributed by atoms with Gasteiger partial charge in [0, 0.05) is 31.3 Å². The third-order valence-corrected chi connectivity index (χ3v) is 5.91. The number of likely N-dealkylation sites (N-methyl/N-ethyl adjacent to an activating group) is 1. The van der Waals surface area contributed by atoms with Crippen LogP contribution in [0.15, 0.2) is 84.9 Å². The van der Waals surface area contributed by atoms with E-state index in [0.29, 0.717) is 6.42 Å². The van der Waals surface area contributed by atoms with Gasteiger partial charge in [-0.1, -0.05) is 91.9 Å². The van der Waals surface area contributed by atoms with Crippen LogP contribution in [0.2, 0.25) is 0 Å². The molecule has 0 spiro atoms. The molecule has 1 saturated heterocycles. The van der Waals surface area contributed by atoms with E-state index in [1.807, 2.05) is 24.1 Å². The third-order valence-electron chi connectivity index (χ3n) is 5.91. The Hall–Kier alpha value is -2.87. The number of hydrogen-bond acceptors (Lipinski definition) is 1. The molecule has 3 aromatic carbocycles. The molecule has 0 aromatic heterocycles. The number of rotatable bonds is 4. The van der Waals surface area contributed by atoms with E-state index in [-0.39, 0.29) is 23.8 Å². The van der Waals surface area contributed by atoms with Crippen molar-refractivity contribution in [2.24, 2.45) is 0 Å². The molecule has 3 aromatic rings. The first-order chi connectivity index (χ1) is 13.1. The first-order valence-electron chi connectivity index (χ1n) is 9.61. The smallest absolute Gasteiger partial charge is 0.223 e. The van der Waals surface area contributed by atoms with Crippen LogP contribution in [-0.2, 0) is 4.79 Å². The van der Waals surface area contributed by atoms with E-state index >= 15 is 0 Å². The molecule has 1 fully saturated rings. The van der Waals surface area contributed by atoms with Gasteiger partial charge in [-0.05, 0) is 22.3 Å². The Morgan fingerprint density at radius 2 is 1.48 bits per heavy atom. The summed E-state index contributed by atoms with van der Waals surface area (Å²) < 4.78 is 0. The third kappa shape index (κ3) is 3.40. The summed E-state index contributed by atoms with van der Waals surface area (Å²) in [4.78, 5) is 14.5. The van der Waals surface area contributed by atoms with E-state index in [1.165, 1.54) is 22.3 Å². The van der Waals surface area contributed by atoms with Crippen molar-refractivity contribution < 1.29 is 4.79 Å². The van der Waals surface area contributed by atoms with Crippen molar-refractivity contribution in [1.82, 2.24) is 4.90 Å². The summed E-state index contributed by atoms with van der Waals surface area (Å²) >= 11 is 0. The molecule has 0 unspecified atom stereocenters. The van der Waals surface area contributed by atoms with Crippen LogP contribution >= 0.6 is 0 Å². The first-order valence-corrected chi connectivity index (χ1v) is 9.61. The first kappa shape index (κ1) is 17.5. The minimum absolute atomic E-state index is 0.172. The highest BCUT2D eigenvalue weighted by Gasteiger charge is 2.41. The van der Waals surface area contributed by atoms with Crippen molar-refractivity contribution in [1.29, 1.82) is 0 Å². The summed E-state index contributed by atoms with van der Waals surface area (Å²) in [5.74, 6) is 0.731. The summed E-state index contributed by atoms with van der Waals surface area (Å²) in [5.41, 5.74) is 4.99. The Morgan fingerprint density at radius 1 is 0.852 bits per heavy atom. The number of likely N-dealkylation sites (tertiary alicyclic amines) is 1. The molecule has 0 radical (unpaired) electrons. The van der Waals surface area contributed by atoms with Gasteiger partial charge in [-0.3, -0.25) is 4.79 Å². The topological polar surface area (TPSA) is 20.3 Å². The molecule has 2 nitrogen and oxygen atoms in total. The fraction of sp³-hybridized carbons (Fsp3) is 0.240. The van der Waals surface area contributed by atoms with E-state index < -0.39 is 0 Å². The van der Waals surface area contributed by atoms with Gasteiger partial charge in [-0.25, -0.2) is 0 Å². The lowest BCUT2D eigenvalue weighted by atomic mass is 9.81. The van der Waals surface area contributed by atoms with E-state index in [0.717, 1.165) is 0 Å². The standard InChI is InChI=1S/C25H25NO/c1-18(21-14-9-15-22(16-21)19-10-5-3-6-11-19)25-23(17-24(27)26(25)2)20-12-7-4-8-13-20/h3-16,18,23,25H,17H2,1-2H3/t18-,23-,25+/m1/s1. The second kappa shape index (κ2) is 7.40. The average molecular weight is 355 g/mol. The van der Waals surface area contributed by atoms with Crippen molar-refractivity contribution in [3.63, 3.8) is 0 Å². The summed E-state index contributed by atoms with van der Waals surface area (Å²) in [7, 11) is 1.95. The van der Waals surface area contributed by atoms with Crippen LogP contribution in [0.25, 0.3) is 11.1 Å². The Balaban J connectivity index is 1.68. The summed E-state index contributed by atoms with van der Waals surface area (Å²) in [6, 6.07) is 29.8. The molecular weight excluding hydrogens is 330 g/mol. The van der Waals surface area contributed by atoms with Crippen LogP contribution < -0.4 is 0 Å². The maximum absolute atomic E-state index is 12.5. The van der Waals surface area contributed by atoms with Crippen molar-refractivity contribution in [3.8, 4) is 11.1 Å². The average Bonchev–Trinajstić information content (AvgIpc) is 3.03. The van der Waals surface area contributed by atoms with Crippen molar-refractivity contribution in [2.75, 3.05) is 7.05 Å². The van der Waals surface area contributed by atoms with Gasteiger partial charge in [0.1, 0.15) is 0 Å². The van der Waals surface area contributed by atoms with E-state index in [4.69, 9.17) is 0 Å². The van der Waals surface area contributed by atoms with E-state index in [1.54, 1.807) is 0 Å². The second-order valence-electron chi connectivity index (χ2n) is 7.50. The number of benzene rings is 3. The van der Waals surface area contributed by atoms with E-state index in [2.05, 4.69) is 79.7 Å². The highest BCUT2D eigenvalue weighted by Crippen LogP contribution is 2.41. The zero-order chi connectivity index (χ0) is 18.8. The minimum Gasteiger partial charge on any atom is -0.342 e. The number of nitrogens with zero attached hydrogens (tertiary/aromatic N) is 1. The molecule has 1 aliphatic rings. The zero-order valence-electron chi connectivity index (χ0n) is 15.9. The molecule has 0 bridgehead atoms. The molecule has 4 rings (SSSR count). The summed E-state index contributed by atoms with van der Waals surface area (Å²) in [6.07, 6.45) is 0.591. The van der Waals surface area contributed by atoms with Gasteiger partial charge in [0.05, 0.1) is 0 Å². The molecule has 3 atom stereocenters. The van der Waals surface area contributed by atoms with Crippen LogP contribution in [0.4, 0.5) is 0 Å². The van der Waals surface area contributed by atoms with Gasteiger partial charge in [0.25, 0.3) is 0 Å². The highest BCUT2D eigenvalue weighted by atomic mass is 16.2. The Kier molecular flexibility index (Phi) is 4.81.